The molecular formula is C27H51N11O9. The van der Waals surface area contributed by atoms with E-state index in [1.807, 2.05) is 0 Å². The fraction of sp³-hybridized carbons (Fsp3) is 0.704. The van der Waals surface area contributed by atoms with Gasteiger partial charge in [0, 0.05) is 6.54 Å². The number of nitrogens with two attached hydrogens (primary N) is 5. The Morgan fingerprint density at radius 3 is 1.89 bits per heavy atom. The molecule has 6 amide bonds. The minimum Gasteiger partial charge on any atom is -0.480 e. The number of hydrogen-bond donors (Lipinski definition) is 12. The summed E-state index contributed by atoms with van der Waals surface area (Å²) in [6.45, 7) is 2.35. The number of carboxylic acid groups (broad SMARTS) is 1. The predicted molar refractivity (Wildman–Crippen MR) is 170 cm³/mol. The van der Waals surface area contributed by atoms with Crippen molar-refractivity contribution in [2.24, 2.45) is 39.6 Å². The number of aliphatic hydroxyl groups is 1. The molecule has 17 N–H and O–H groups in total. The number of aliphatic imine (C=N–C) groups is 1. The third kappa shape index (κ3) is 17.6. The zero-order chi connectivity index (χ0) is 36.1. The van der Waals surface area contributed by atoms with E-state index in [4.69, 9.17) is 28.7 Å². The summed E-state index contributed by atoms with van der Waals surface area (Å²) in [4.78, 5) is 90.8. The summed E-state index contributed by atoms with van der Waals surface area (Å²) < 4.78 is 0. The van der Waals surface area contributed by atoms with Crippen molar-refractivity contribution in [3.8, 4) is 0 Å². The van der Waals surface area contributed by atoms with Gasteiger partial charge in [0.05, 0.1) is 25.6 Å². The topological polar surface area (TPSA) is 363 Å². The van der Waals surface area contributed by atoms with Crippen molar-refractivity contribution in [3.63, 3.8) is 0 Å². The number of nitrogens with zero attached hydrogens (tertiary/aromatic N) is 1. The van der Waals surface area contributed by atoms with Crippen LogP contribution >= 0.6 is 0 Å². The minimum atomic E-state index is -1.60. The highest BCUT2D eigenvalue weighted by Crippen LogP contribution is 2.11. The highest BCUT2D eigenvalue weighted by molar-refractivity contribution is 5.96. The third-order valence-corrected chi connectivity index (χ3v) is 6.95. The molecule has 47 heavy (non-hydrogen) atoms. The first-order valence-electron chi connectivity index (χ1n) is 15.2. The first-order chi connectivity index (χ1) is 22.1. The summed E-state index contributed by atoms with van der Waals surface area (Å²) >= 11 is 0. The smallest absolute Gasteiger partial charge is 0.328 e. The van der Waals surface area contributed by atoms with E-state index in [1.165, 1.54) is 0 Å². The number of carbonyl (C=O) groups is 7. The maximum Gasteiger partial charge on any atom is 0.328 e. The van der Waals surface area contributed by atoms with E-state index in [0.29, 0.717) is 25.8 Å². The van der Waals surface area contributed by atoms with Gasteiger partial charge >= 0.3 is 5.97 Å². The molecule has 0 heterocycles. The molecular weight excluding hydrogens is 622 g/mol. The monoisotopic (exact) mass is 673 g/mol. The van der Waals surface area contributed by atoms with Gasteiger partial charge in [0.1, 0.15) is 24.2 Å². The van der Waals surface area contributed by atoms with Gasteiger partial charge in [-0.2, -0.15) is 0 Å². The lowest BCUT2D eigenvalue weighted by molar-refractivity contribution is -0.143. The molecule has 0 aliphatic heterocycles. The SMILES string of the molecule is CC[C@H](C)[C@H](NC(=O)[C@H](CCCCN)NC(=O)[C@H](CCCN=C(N)N)NC(=O)CNC(=O)[C@@H](N)CC(N)=O)C(=O)N[C@@H](CO)C(=O)O. The van der Waals surface area contributed by atoms with Gasteiger partial charge in [0.25, 0.3) is 0 Å². The summed E-state index contributed by atoms with van der Waals surface area (Å²) in [6.07, 6.45) is 1.20. The van der Waals surface area contributed by atoms with Crippen LogP contribution in [0, 0.1) is 5.92 Å². The van der Waals surface area contributed by atoms with Crippen molar-refractivity contribution in [1.29, 1.82) is 0 Å². The standard InChI is InChI=1S/C27H51N11O9/c1-3-14(2)21(25(45)37-18(13-39)26(46)47)38-24(44)17(7-4-5-9-28)36-23(43)16(8-6-10-33-27(31)32)35-20(41)12-34-22(42)15(29)11-19(30)40/h14-18,21,39H,3-13,28-29H2,1-2H3,(H2,30,40)(H,34,42)(H,35,41)(H,36,43)(H,37,45)(H,38,44)(H,46,47)(H4,31,32,33)/t14-,15-,16-,17-,18-,21-/m0/s1. The summed E-state index contributed by atoms with van der Waals surface area (Å²) in [7, 11) is 0. The summed E-state index contributed by atoms with van der Waals surface area (Å²) in [6, 6.07) is -6.53. The fourth-order valence-electron chi connectivity index (χ4n) is 4.06. The number of guanidine groups is 1. The molecule has 20 nitrogen and oxygen atoms in total. The number of unbranched alkanes of at least 4 members (excludes halogenated alkanes) is 1. The number of rotatable bonds is 24. The number of amides is 6. The Labute approximate surface area is 272 Å². The molecule has 0 aromatic rings. The van der Waals surface area contributed by atoms with Crippen LogP contribution in [0.2, 0.25) is 0 Å². The van der Waals surface area contributed by atoms with E-state index < -0.39 is 97.1 Å². The van der Waals surface area contributed by atoms with Gasteiger partial charge in [0.2, 0.25) is 35.4 Å². The molecule has 0 aromatic carbocycles. The number of carboxylic acids is 1. The quantitative estimate of drug-likeness (QED) is 0.0259. The first kappa shape index (κ1) is 42.4. The number of carbonyl (C=O) groups excluding carboxylic acids is 6. The molecule has 20 heteroatoms. The zero-order valence-corrected chi connectivity index (χ0v) is 26.8. The summed E-state index contributed by atoms with van der Waals surface area (Å²) in [5, 5.41) is 30.6. The number of hydrogen-bond acceptors (Lipinski definition) is 11. The fourth-order valence-corrected chi connectivity index (χ4v) is 4.06. The van der Waals surface area contributed by atoms with Crippen LogP contribution in [0.5, 0.6) is 0 Å². The van der Waals surface area contributed by atoms with Gasteiger partial charge in [-0.05, 0) is 44.6 Å². The van der Waals surface area contributed by atoms with Gasteiger partial charge in [0.15, 0.2) is 5.96 Å². The minimum absolute atomic E-state index is 0.0102. The van der Waals surface area contributed by atoms with Crippen LogP contribution in [-0.2, 0) is 33.6 Å². The van der Waals surface area contributed by atoms with Crippen molar-refractivity contribution in [3.05, 3.63) is 0 Å². The molecule has 0 rings (SSSR count). The van der Waals surface area contributed by atoms with Gasteiger partial charge in [-0.1, -0.05) is 20.3 Å². The average molecular weight is 674 g/mol. The Morgan fingerprint density at radius 1 is 0.787 bits per heavy atom. The Balaban J connectivity index is 5.94. The Kier molecular flexibility index (Phi) is 20.6. The van der Waals surface area contributed by atoms with Crippen molar-refractivity contribution >= 4 is 47.4 Å². The van der Waals surface area contributed by atoms with Crippen molar-refractivity contribution in [2.75, 3.05) is 26.2 Å². The molecule has 0 aliphatic rings. The van der Waals surface area contributed by atoms with Crippen molar-refractivity contribution < 1.29 is 43.8 Å². The van der Waals surface area contributed by atoms with Crippen LogP contribution in [0.15, 0.2) is 4.99 Å². The van der Waals surface area contributed by atoms with Crippen LogP contribution in [-0.4, -0.2) is 114 Å². The Morgan fingerprint density at radius 2 is 1.36 bits per heavy atom. The van der Waals surface area contributed by atoms with E-state index in [-0.39, 0.29) is 31.8 Å². The normalized spacial score (nSPS) is 14.6. The van der Waals surface area contributed by atoms with Crippen LogP contribution in [0.3, 0.4) is 0 Å². The summed E-state index contributed by atoms with van der Waals surface area (Å²) in [5.74, 6) is -6.93. The van der Waals surface area contributed by atoms with Crippen molar-refractivity contribution in [2.45, 2.75) is 89.0 Å². The number of primary amides is 1. The molecule has 0 saturated carbocycles. The van der Waals surface area contributed by atoms with Gasteiger partial charge in [-0.3, -0.25) is 33.8 Å². The largest absolute Gasteiger partial charge is 0.480 e. The van der Waals surface area contributed by atoms with Crippen LogP contribution < -0.4 is 55.3 Å². The predicted octanol–water partition coefficient (Wildman–Crippen LogP) is -5.45. The number of aliphatic carboxylic acids is 1. The highest BCUT2D eigenvalue weighted by Gasteiger charge is 2.33. The molecule has 0 fully saturated rings. The van der Waals surface area contributed by atoms with Crippen LogP contribution in [0.25, 0.3) is 0 Å². The first-order valence-corrected chi connectivity index (χ1v) is 15.2. The molecule has 0 spiro atoms. The van der Waals surface area contributed by atoms with E-state index >= 15 is 0 Å². The van der Waals surface area contributed by atoms with E-state index in [9.17, 15) is 43.8 Å². The molecule has 268 valence electrons. The number of aliphatic hydroxyl groups excluding tert-OH is 1. The molecule has 6 atom stereocenters. The second-order valence-electron chi connectivity index (χ2n) is 10.9. The third-order valence-electron chi connectivity index (χ3n) is 6.95. The van der Waals surface area contributed by atoms with Gasteiger partial charge < -0.3 is 65.5 Å². The lowest BCUT2D eigenvalue weighted by Crippen LogP contribution is -2.59. The van der Waals surface area contributed by atoms with Gasteiger partial charge in [-0.15, -0.1) is 0 Å². The molecule has 0 saturated heterocycles. The molecule has 0 radical (unpaired) electrons. The lowest BCUT2D eigenvalue weighted by atomic mass is 9.97. The highest BCUT2D eigenvalue weighted by atomic mass is 16.4. The average Bonchev–Trinajstić information content (AvgIpc) is 3.00. The molecule has 0 aromatic heterocycles. The molecule has 0 bridgehead atoms. The molecule has 0 aliphatic carbocycles. The van der Waals surface area contributed by atoms with Gasteiger partial charge in [-0.25, -0.2) is 4.79 Å². The lowest BCUT2D eigenvalue weighted by Gasteiger charge is -2.28. The Bertz CT molecular complexity index is 1100. The van der Waals surface area contributed by atoms with Crippen LogP contribution in [0.4, 0.5) is 0 Å². The van der Waals surface area contributed by atoms with E-state index in [2.05, 4.69) is 31.6 Å². The maximum atomic E-state index is 13.5. The number of nitrogens with one attached hydrogen (secondary N) is 5. The summed E-state index contributed by atoms with van der Waals surface area (Å²) in [5.41, 5.74) is 26.9. The Hall–Kier alpha value is -4.56. The zero-order valence-electron chi connectivity index (χ0n) is 26.8. The maximum absolute atomic E-state index is 13.5. The second-order valence-corrected chi connectivity index (χ2v) is 10.9. The van der Waals surface area contributed by atoms with Crippen LogP contribution in [0.1, 0.15) is 58.8 Å². The van der Waals surface area contributed by atoms with E-state index in [0.717, 1.165) is 0 Å². The van der Waals surface area contributed by atoms with E-state index in [1.54, 1.807) is 13.8 Å². The second kappa shape index (κ2) is 22.9. The molecule has 0 unspecified atom stereocenters. The van der Waals surface area contributed by atoms with Crippen molar-refractivity contribution in [1.82, 2.24) is 26.6 Å².